The molecule has 0 spiro atoms. The van der Waals surface area contributed by atoms with Crippen LogP contribution in [0.5, 0.6) is 11.5 Å². The molecule has 0 atom stereocenters. The molecule has 1 aliphatic carbocycles. The number of fused-ring (bicyclic) bond motifs is 9. The number of benzene rings is 5. The van der Waals surface area contributed by atoms with E-state index in [1.807, 2.05) is 0 Å². The van der Waals surface area contributed by atoms with E-state index < -0.39 is 0 Å². The third-order valence-electron chi connectivity index (χ3n) is 13.0. The molecular formula is C47H38N4O. The molecule has 5 aromatic carbocycles. The lowest BCUT2D eigenvalue weighted by Gasteiger charge is -2.45. The summed E-state index contributed by atoms with van der Waals surface area (Å²) >= 11 is 0. The van der Waals surface area contributed by atoms with Crippen LogP contribution < -0.4 is 4.74 Å². The van der Waals surface area contributed by atoms with E-state index in [9.17, 15) is 0 Å². The average molecular weight is 675 g/mol. The Morgan fingerprint density at radius 3 is 2.10 bits per heavy atom. The van der Waals surface area contributed by atoms with Gasteiger partial charge in [0.25, 0.3) is 0 Å². The number of aromatic nitrogens is 4. The fraction of sp³-hybridized carbons (Fsp3) is 0.191. The van der Waals surface area contributed by atoms with Crippen LogP contribution in [-0.2, 0) is 16.2 Å². The van der Waals surface area contributed by atoms with Gasteiger partial charge in [-0.15, -0.1) is 0 Å². The summed E-state index contributed by atoms with van der Waals surface area (Å²) in [5, 5.41) is 5.87. The van der Waals surface area contributed by atoms with Crippen molar-refractivity contribution in [3.63, 3.8) is 0 Å². The van der Waals surface area contributed by atoms with Gasteiger partial charge in [-0.1, -0.05) is 102 Å². The Kier molecular flexibility index (Phi) is 5.54. The number of imidazole rings is 1. The Balaban J connectivity index is 1.07. The quantitative estimate of drug-likeness (QED) is 0.175. The largest absolute Gasteiger partial charge is 0.457 e. The third kappa shape index (κ3) is 3.58. The highest BCUT2D eigenvalue weighted by Gasteiger charge is 2.46. The van der Waals surface area contributed by atoms with Gasteiger partial charge in [0.05, 0.1) is 16.6 Å². The molecule has 0 fully saturated rings. The summed E-state index contributed by atoms with van der Waals surface area (Å²) in [7, 11) is 0. The Morgan fingerprint density at radius 1 is 0.519 bits per heavy atom. The summed E-state index contributed by atoms with van der Waals surface area (Å²) in [6.45, 7) is 14.0. The first-order chi connectivity index (χ1) is 25.1. The number of rotatable bonds is 3. The van der Waals surface area contributed by atoms with Crippen molar-refractivity contribution in [2.75, 3.05) is 0 Å². The zero-order valence-electron chi connectivity index (χ0n) is 30.2. The van der Waals surface area contributed by atoms with Gasteiger partial charge in [-0.05, 0) is 75.7 Å². The first kappa shape index (κ1) is 29.8. The Labute approximate surface area is 302 Å². The van der Waals surface area contributed by atoms with E-state index in [1.165, 1.54) is 60.6 Å². The summed E-state index contributed by atoms with van der Waals surface area (Å²) < 4.78 is 11.4. The second-order valence-corrected chi connectivity index (χ2v) is 16.4. The van der Waals surface area contributed by atoms with Crippen molar-refractivity contribution in [3.8, 4) is 28.4 Å². The first-order valence-corrected chi connectivity index (χ1v) is 18.2. The van der Waals surface area contributed by atoms with Crippen LogP contribution >= 0.6 is 0 Å². The molecule has 11 rings (SSSR count). The fourth-order valence-electron chi connectivity index (χ4n) is 9.47. The van der Waals surface area contributed by atoms with E-state index in [0.717, 1.165) is 39.4 Å². The highest BCUT2D eigenvalue weighted by atomic mass is 16.5. The molecule has 0 radical (unpaired) electrons. The van der Waals surface area contributed by atoms with Gasteiger partial charge >= 0.3 is 0 Å². The summed E-state index contributed by atoms with van der Waals surface area (Å²) in [6, 6.07) is 39.2. The Morgan fingerprint density at radius 2 is 1.23 bits per heavy atom. The molecule has 0 saturated heterocycles. The molecule has 252 valence electrons. The fourth-order valence-corrected chi connectivity index (χ4v) is 9.47. The topological polar surface area (TPSA) is 44.4 Å². The molecule has 0 bridgehead atoms. The van der Waals surface area contributed by atoms with Gasteiger partial charge in [0, 0.05) is 61.9 Å². The van der Waals surface area contributed by atoms with Crippen LogP contribution in [-0.4, -0.2) is 18.9 Å². The molecule has 0 N–H and O–H groups in total. The van der Waals surface area contributed by atoms with Gasteiger partial charge < -0.3 is 4.74 Å². The molecular weight excluding hydrogens is 637 g/mol. The van der Waals surface area contributed by atoms with Crippen molar-refractivity contribution in [1.29, 1.82) is 0 Å². The van der Waals surface area contributed by atoms with Gasteiger partial charge in [-0.2, -0.15) is 0 Å². The summed E-state index contributed by atoms with van der Waals surface area (Å²) in [5.74, 6) is 2.45. The van der Waals surface area contributed by atoms with Gasteiger partial charge in [0.15, 0.2) is 0 Å². The molecule has 1 aliphatic heterocycles. The van der Waals surface area contributed by atoms with Crippen LogP contribution in [0.4, 0.5) is 0 Å². The maximum atomic E-state index is 6.74. The first-order valence-electron chi connectivity index (χ1n) is 18.2. The van der Waals surface area contributed by atoms with Crippen molar-refractivity contribution in [2.24, 2.45) is 0 Å². The van der Waals surface area contributed by atoms with Crippen molar-refractivity contribution < 1.29 is 4.74 Å². The minimum atomic E-state index is -0.101. The Hall–Kier alpha value is -5.94. The van der Waals surface area contributed by atoms with Crippen LogP contribution in [0.15, 0.2) is 122 Å². The van der Waals surface area contributed by atoms with Crippen LogP contribution in [0.2, 0.25) is 0 Å². The molecule has 5 heteroatoms. The van der Waals surface area contributed by atoms with Gasteiger partial charge in [-0.25, -0.2) is 9.97 Å². The van der Waals surface area contributed by atoms with Crippen molar-refractivity contribution in [2.45, 2.75) is 57.8 Å². The molecule has 9 aromatic rings. The smallest absolute Gasteiger partial charge is 0.145 e. The highest BCUT2D eigenvalue weighted by molar-refractivity contribution is 6.14. The minimum Gasteiger partial charge on any atom is -0.457 e. The second-order valence-electron chi connectivity index (χ2n) is 16.4. The van der Waals surface area contributed by atoms with E-state index in [0.29, 0.717) is 0 Å². The molecule has 4 aromatic heterocycles. The lowest BCUT2D eigenvalue weighted by Crippen LogP contribution is -2.44. The molecule has 5 nitrogen and oxygen atoms in total. The second kappa shape index (κ2) is 9.68. The van der Waals surface area contributed by atoms with E-state index in [-0.39, 0.29) is 16.2 Å². The molecule has 0 saturated carbocycles. The number of ether oxygens (including phenoxy) is 1. The van der Waals surface area contributed by atoms with Crippen LogP contribution in [0.1, 0.15) is 63.9 Å². The number of para-hydroxylation sites is 2. The summed E-state index contributed by atoms with van der Waals surface area (Å²) in [6.07, 6.45) is 4.16. The van der Waals surface area contributed by atoms with E-state index >= 15 is 0 Å². The lowest BCUT2D eigenvalue weighted by atomic mass is 9.61. The molecule has 5 heterocycles. The van der Waals surface area contributed by atoms with Gasteiger partial charge in [0.2, 0.25) is 0 Å². The lowest BCUT2D eigenvalue weighted by molar-refractivity contribution is 0.288. The number of hydrogen-bond acceptors (Lipinski definition) is 3. The maximum Gasteiger partial charge on any atom is 0.145 e. The SMILES string of the molecule is CC1(C)c2ccccc2-c2cc(-n3c4ccccc4c4ccc(Oc5ccc6c(c5)c5ncc7n5c5c(cccc65)C(C)(C)C7(C)C)cc43)ncc21. The van der Waals surface area contributed by atoms with E-state index in [2.05, 4.69) is 172 Å². The summed E-state index contributed by atoms with van der Waals surface area (Å²) in [5.41, 5.74) is 11.9. The predicted octanol–water partition coefficient (Wildman–Crippen LogP) is 11.8. The van der Waals surface area contributed by atoms with E-state index in [4.69, 9.17) is 14.7 Å². The predicted molar refractivity (Wildman–Crippen MR) is 212 cm³/mol. The van der Waals surface area contributed by atoms with Crippen molar-refractivity contribution >= 4 is 49.1 Å². The van der Waals surface area contributed by atoms with Crippen LogP contribution in [0.3, 0.4) is 0 Å². The van der Waals surface area contributed by atoms with Crippen molar-refractivity contribution in [3.05, 3.63) is 144 Å². The van der Waals surface area contributed by atoms with Crippen LogP contribution in [0.25, 0.3) is 66.1 Å². The third-order valence-corrected chi connectivity index (χ3v) is 13.0. The average Bonchev–Trinajstić information content (AvgIpc) is 3.81. The maximum absolute atomic E-state index is 6.74. The van der Waals surface area contributed by atoms with Crippen LogP contribution in [0, 0.1) is 0 Å². The van der Waals surface area contributed by atoms with Gasteiger partial charge in [0.1, 0.15) is 23.0 Å². The van der Waals surface area contributed by atoms with E-state index in [1.54, 1.807) is 0 Å². The molecule has 2 aliphatic rings. The molecule has 52 heavy (non-hydrogen) atoms. The number of pyridine rings is 2. The zero-order valence-corrected chi connectivity index (χ0v) is 30.2. The van der Waals surface area contributed by atoms with Gasteiger partial charge in [-0.3, -0.25) is 8.97 Å². The number of nitrogens with zero attached hydrogens (tertiary/aromatic N) is 4. The minimum absolute atomic E-state index is 0.0519. The number of hydrogen-bond donors (Lipinski definition) is 0. The highest BCUT2D eigenvalue weighted by Crippen LogP contribution is 2.52. The summed E-state index contributed by atoms with van der Waals surface area (Å²) in [4.78, 5) is 10.2. The van der Waals surface area contributed by atoms with Crippen molar-refractivity contribution in [1.82, 2.24) is 18.9 Å². The Bertz CT molecular complexity index is 3030. The molecule has 0 unspecified atom stereocenters. The monoisotopic (exact) mass is 674 g/mol. The zero-order chi connectivity index (χ0) is 35.3. The molecule has 0 amide bonds. The standard InChI is InChI=1S/C47H38N4O/c1-45(2)36-15-9-7-12-30(36)34-24-42(48-25-38(34)45)50-39-17-10-8-13-31(39)32-21-19-28(23-40(32)50)52-27-18-20-29-33-14-11-16-37-43(33)51-41(47(5,6)46(37,3)4)26-49-44(51)35(29)22-27/h7-26H,1-6H3. The normalized spacial score (nSPS) is 16.3.